The molecular formula is C21H29N3O2. The van der Waals surface area contributed by atoms with Crippen LogP contribution >= 0.6 is 0 Å². The Bertz CT molecular complexity index is 648. The highest BCUT2D eigenvalue weighted by Crippen LogP contribution is 2.37. The van der Waals surface area contributed by atoms with Gasteiger partial charge in [-0.05, 0) is 43.1 Å². The van der Waals surface area contributed by atoms with Gasteiger partial charge in [-0.1, -0.05) is 30.3 Å². The number of nitrogens with one attached hydrogen (secondary N) is 1. The van der Waals surface area contributed by atoms with Gasteiger partial charge in [0.2, 0.25) is 11.8 Å². The first kappa shape index (κ1) is 17.5. The van der Waals surface area contributed by atoms with E-state index in [0.717, 1.165) is 45.3 Å². The Kier molecular flexibility index (Phi) is 5.25. The average molecular weight is 355 g/mol. The van der Waals surface area contributed by atoms with Crippen LogP contribution < -0.4 is 5.32 Å². The van der Waals surface area contributed by atoms with Crippen molar-refractivity contribution in [1.29, 1.82) is 0 Å². The van der Waals surface area contributed by atoms with E-state index in [9.17, 15) is 9.59 Å². The molecule has 3 aliphatic rings. The molecule has 0 radical (unpaired) electrons. The van der Waals surface area contributed by atoms with E-state index in [0.29, 0.717) is 36.9 Å². The molecule has 0 unspecified atom stereocenters. The highest BCUT2D eigenvalue weighted by molar-refractivity contribution is 5.78. The minimum atomic E-state index is 0.123. The fourth-order valence-corrected chi connectivity index (χ4v) is 5.09. The van der Waals surface area contributed by atoms with Crippen LogP contribution in [-0.4, -0.2) is 60.4 Å². The van der Waals surface area contributed by atoms with Crippen molar-refractivity contribution in [3.05, 3.63) is 35.9 Å². The molecule has 1 aromatic carbocycles. The van der Waals surface area contributed by atoms with Crippen molar-refractivity contribution >= 4 is 11.8 Å². The summed E-state index contributed by atoms with van der Waals surface area (Å²) in [4.78, 5) is 29.0. The molecule has 0 spiro atoms. The minimum Gasteiger partial charge on any atom is -0.355 e. The van der Waals surface area contributed by atoms with Crippen molar-refractivity contribution in [3.8, 4) is 0 Å². The topological polar surface area (TPSA) is 52.7 Å². The van der Waals surface area contributed by atoms with Crippen molar-refractivity contribution < 1.29 is 9.59 Å². The number of amides is 2. The SMILES string of the molecule is O=C(CN1C[C@H]2C[C@H](C1)[C@H]1CCCC(=O)N1C2)NCCc1ccccc1. The highest BCUT2D eigenvalue weighted by Gasteiger charge is 2.43. The first-order chi connectivity index (χ1) is 12.7. The molecule has 2 amide bonds. The Labute approximate surface area is 155 Å². The van der Waals surface area contributed by atoms with E-state index in [1.165, 1.54) is 12.0 Å². The van der Waals surface area contributed by atoms with E-state index in [1.807, 2.05) is 18.2 Å². The van der Waals surface area contributed by atoms with Gasteiger partial charge in [-0.3, -0.25) is 14.5 Å². The molecule has 4 rings (SSSR count). The number of hydrogen-bond donors (Lipinski definition) is 1. The van der Waals surface area contributed by atoms with Gasteiger partial charge in [0.25, 0.3) is 0 Å². The Morgan fingerprint density at radius 3 is 2.85 bits per heavy atom. The maximum Gasteiger partial charge on any atom is 0.234 e. The van der Waals surface area contributed by atoms with Crippen molar-refractivity contribution in [3.63, 3.8) is 0 Å². The van der Waals surface area contributed by atoms with E-state index in [4.69, 9.17) is 0 Å². The van der Waals surface area contributed by atoms with Crippen LogP contribution in [0.15, 0.2) is 30.3 Å². The van der Waals surface area contributed by atoms with E-state index in [2.05, 4.69) is 27.2 Å². The van der Waals surface area contributed by atoms with Gasteiger partial charge in [-0.25, -0.2) is 0 Å². The Morgan fingerprint density at radius 2 is 2.00 bits per heavy atom. The second-order valence-corrected chi connectivity index (χ2v) is 8.15. The minimum absolute atomic E-state index is 0.123. The molecule has 0 aliphatic carbocycles. The molecule has 3 fully saturated rings. The largest absolute Gasteiger partial charge is 0.355 e. The van der Waals surface area contributed by atoms with E-state index < -0.39 is 0 Å². The molecule has 3 saturated heterocycles. The fourth-order valence-electron chi connectivity index (χ4n) is 5.09. The number of fused-ring (bicyclic) bond motifs is 4. The lowest BCUT2D eigenvalue weighted by atomic mass is 9.76. The molecule has 3 atom stereocenters. The molecule has 5 heteroatoms. The van der Waals surface area contributed by atoms with E-state index in [1.54, 1.807) is 0 Å². The first-order valence-corrected chi connectivity index (χ1v) is 10.0. The maximum atomic E-state index is 12.3. The van der Waals surface area contributed by atoms with Crippen molar-refractivity contribution in [1.82, 2.24) is 15.1 Å². The second-order valence-electron chi connectivity index (χ2n) is 8.15. The van der Waals surface area contributed by atoms with E-state index >= 15 is 0 Å². The second kappa shape index (κ2) is 7.78. The van der Waals surface area contributed by atoms with Gasteiger partial charge < -0.3 is 10.2 Å². The normalized spacial score (nSPS) is 28.5. The molecule has 0 aromatic heterocycles. The van der Waals surface area contributed by atoms with Gasteiger partial charge in [-0.2, -0.15) is 0 Å². The molecule has 140 valence electrons. The smallest absolute Gasteiger partial charge is 0.234 e. The van der Waals surface area contributed by atoms with Crippen LogP contribution in [0.1, 0.15) is 31.2 Å². The third-order valence-corrected chi connectivity index (χ3v) is 6.20. The predicted molar refractivity (Wildman–Crippen MR) is 101 cm³/mol. The van der Waals surface area contributed by atoms with Crippen LogP contribution in [-0.2, 0) is 16.0 Å². The van der Waals surface area contributed by atoms with Crippen molar-refractivity contribution in [2.75, 3.05) is 32.7 Å². The van der Waals surface area contributed by atoms with Crippen LogP contribution in [0.4, 0.5) is 0 Å². The fraction of sp³-hybridized carbons (Fsp3) is 0.619. The summed E-state index contributed by atoms with van der Waals surface area (Å²) < 4.78 is 0. The third-order valence-electron chi connectivity index (χ3n) is 6.20. The molecule has 1 aromatic rings. The first-order valence-electron chi connectivity index (χ1n) is 10.0. The lowest BCUT2D eigenvalue weighted by molar-refractivity contribution is -0.145. The third kappa shape index (κ3) is 3.93. The zero-order chi connectivity index (χ0) is 17.9. The molecular weight excluding hydrogens is 326 g/mol. The van der Waals surface area contributed by atoms with Gasteiger partial charge >= 0.3 is 0 Å². The zero-order valence-electron chi connectivity index (χ0n) is 15.4. The van der Waals surface area contributed by atoms with Gasteiger partial charge in [0.15, 0.2) is 0 Å². The molecule has 1 N–H and O–H groups in total. The van der Waals surface area contributed by atoms with Crippen LogP contribution in [0.5, 0.6) is 0 Å². The summed E-state index contributed by atoms with van der Waals surface area (Å²) in [6.45, 7) is 3.97. The highest BCUT2D eigenvalue weighted by atomic mass is 16.2. The van der Waals surface area contributed by atoms with Crippen LogP contribution in [0.2, 0.25) is 0 Å². The van der Waals surface area contributed by atoms with Crippen LogP contribution in [0, 0.1) is 11.8 Å². The maximum absolute atomic E-state index is 12.3. The number of likely N-dealkylation sites (tertiary alicyclic amines) is 1. The number of carbonyl (C=O) groups is 2. The molecule has 26 heavy (non-hydrogen) atoms. The van der Waals surface area contributed by atoms with Crippen LogP contribution in [0.3, 0.4) is 0 Å². The lowest BCUT2D eigenvalue weighted by Gasteiger charge is -2.52. The quantitative estimate of drug-likeness (QED) is 0.874. The molecule has 2 bridgehead atoms. The standard InChI is InChI=1S/C21H29N3O2/c25-20(22-10-9-16-5-2-1-3-6-16)15-23-12-17-11-18(14-23)19-7-4-8-21(26)24(19)13-17/h1-3,5-6,17-19H,4,7-15H2,(H,22,25)/t17-,18-,19-/m1/s1. The summed E-state index contributed by atoms with van der Waals surface area (Å²) in [5.74, 6) is 1.55. The summed E-state index contributed by atoms with van der Waals surface area (Å²) >= 11 is 0. The number of benzene rings is 1. The average Bonchev–Trinajstić information content (AvgIpc) is 2.63. The monoisotopic (exact) mass is 355 g/mol. The van der Waals surface area contributed by atoms with Gasteiger partial charge in [0.05, 0.1) is 6.54 Å². The Morgan fingerprint density at radius 1 is 1.15 bits per heavy atom. The molecule has 3 heterocycles. The lowest BCUT2D eigenvalue weighted by Crippen LogP contribution is -2.61. The van der Waals surface area contributed by atoms with Crippen LogP contribution in [0.25, 0.3) is 0 Å². The van der Waals surface area contributed by atoms with E-state index in [-0.39, 0.29) is 5.91 Å². The number of piperidine rings is 3. The Balaban J connectivity index is 1.26. The summed E-state index contributed by atoms with van der Waals surface area (Å²) in [5.41, 5.74) is 1.25. The van der Waals surface area contributed by atoms with Gasteiger partial charge in [0, 0.05) is 38.6 Å². The van der Waals surface area contributed by atoms with Gasteiger partial charge in [0.1, 0.15) is 0 Å². The van der Waals surface area contributed by atoms with Gasteiger partial charge in [-0.15, -0.1) is 0 Å². The summed E-state index contributed by atoms with van der Waals surface area (Å²) in [6.07, 6.45) is 4.99. The summed E-state index contributed by atoms with van der Waals surface area (Å²) in [5, 5.41) is 3.06. The predicted octanol–water partition coefficient (Wildman–Crippen LogP) is 1.68. The summed E-state index contributed by atoms with van der Waals surface area (Å²) in [6, 6.07) is 10.7. The van der Waals surface area contributed by atoms with Crippen molar-refractivity contribution in [2.24, 2.45) is 11.8 Å². The number of carbonyl (C=O) groups excluding carboxylic acids is 2. The number of nitrogens with zero attached hydrogens (tertiary/aromatic N) is 2. The molecule has 3 aliphatic heterocycles. The van der Waals surface area contributed by atoms with Crippen molar-refractivity contribution in [2.45, 2.75) is 38.1 Å². The molecule has 0 saturated carbocycles. The Hall–Kier alpha value is -1.88. The molecule has 5 nitrogen and oxygen atoms in total. The number of hydrogen-bond acceptors (Lipinski definition) is 3. The number of rotatable bonds is 5. The zero-order valence-corrected chi connectivity index (χ0v) is 15.4. The summed E-state index contributed by atoms with van der Waals surface area (Å²) in [7, 11) is 0.